The van der Waals surface area contributed by atoms with Gasteiger partial charge in [-0.25, -0.2) is 0 Å². The lowest BCUT2D eigenvalue weighted by atomic mass is 10.2. The number of allylic oxidation sites excluding steroid dienone is 1. The normalized spacial score (nSPS) is 16.6. The van der Waals surface area contributed by atoms with Crippen molar-refractivity contribution < 1.29 is 28.5 Å². The van der Waals surface area contributed by atoms with E-state index in [-0.39, 0.29) is 12.4 Å². The van der Waals surface area contributed by atoms with Crippen molar-refractivity contribution in [2.75, 3.05) is 26.9 Å². The molecule has 1 aliphatic heterocycles. The maximum atomic E-state index is 8.12. The van der Waals surface area contributed by atoms with E-state index in [2.05, 4.69) is 19.1 Å². The predicted molar refractivity (Wildman–Crippen MR) is 92.4 cm³/mol. The van der Waals surface area contributed by atoms with Crippen LogP contribution in [-0.2, 0) is 19.1 Å². The maximum absolute atomic E-state index is 8.12. The van der Waals surface area contributed by atoms with Gasteiger partial charge in [0.25, 0.3) is 0 Å². The molecule has 0 radical (unpaired) electrons. The average molecular weight is 350 g/mol. The monoisotopic (exact) mass is 350 g/mol. The SMILES string of the molecule is CC/C=C/c1ccc(OC)c(OCCOC2CCCCO2)c1.O=C=O. The minimum Gasteiger partial charge on any atom is -0.493 e. The summed E-state index contributed by atoms with van der Waals surface area (Å²) >= 11 is 0. The van der Waals surface area contributed by atoms with Crippen molar-refractivity contribution in [3.63, 3.8) is 0 Å². The van der Waals surface area contributed by atoms with E-state index in [0.717, 1.165) is 42.9 Å². The molecule has 138 valence electrons. The van der Waals surface area contributed by atoms with Gasteiger partial charge in [-0.1, -0.05) is 25.1 Å². The smallest absolute Gasteiger partial charge is 0.373 e. The van der Waals surface area contributed by atoms with Crippen molar-refractivity contribution in [2.24, 2.45) is 0 Å². The summed E-state index contributed by atoms with van der Waals surface area (Å²) in [4.78, 5) is 16.2. The molecule has 1 heterocycles. The van der Waals surface area contributed by atoms with E-state index < -0.39 is 0 Å². The molecular formula is C19H26O6. The minimum atomic E-state index is -0.0712. The van der Waals surface area contributed by atoms with Crippen molar-refractivity contribution >= 4 is 12.2 Å². The molecule has 1 aliphatic rings. The number of carbonyl (C=O) groups excluding carboxylic acids is 2. The van der Waals surface area contributed by atoms with E-state index in [1.54, 1.807) is 7.11 Å². The molecule has 1 fully saturated rings. The van der Waals surface area contributed by atoms with Crippen molar-refractivity contribution in [3.8, 4) is 11.5 Å². The van der Waals surface area contributed by atoms with Crippen molar-refractivity contribution in [1.82, 2.24) is 0 Å². The highest BCUT2D eigenvalue weighted by molar-refractivity contribution is 5.55. The van der Waals surface area contributed by atoms with E-state index in [1.165, 1.54) is 6.42 Å². The largest absolute Gasteiger partial charge is 0.493 e. The quantitative estimate of drug-likeness (QED) is 0.669. The van der Waals surface area contributed by atoms with Gasteiger partial charge in [0.15, 0.2) is 17.8 Å². The van der Waals surface area contributed by atoms with E-state index in [9.17, 15) is 0 Å². The van der Waals surface area contributed by atoms with Crippen molar-refractivity contribution in [3.05, 3.63) is 29.8 Å². The van der Waals surface area contributed by atoms with Crippen LogP contribution in [0.3, 0.4) is 0 Å². The van der Waals surface area contributed by atoms with Gasteiger partial charge in [-0.2, -0.15) is 9.59 Å². The Bertz CT molecular complexity index is 543. The zero-order valence-corrected chi connectivity index (χ0v) is 14.9. The highest BCUT2D eigenvalue weighted by atomic mass is 16.7. The van der Waals surface area contributed by atoms with E-state index in [4.69, 9.17) is 28.5 Å². The molecule has 1 aromatic carbocycles. The fraction of sp³-hybridized carbons (Fsp3) is 0.526. The molecule has 1 unspecified atom stereocenters. The highest BCUT2D eigenvalue weighted by Gasteiger charge is 2.13. The molecule has 2 rings (SSSR count). The van der Waals surface area contributed by atoms with Gasteiger partial charge in [-0.3, -0.25) is 0 Å². The van der Waals surface area contributed by atoms with Crippen LogP contribution >= 0.6 is 0 Å². The second-order valence-corrected chi connectivity index (χ2v) is 5.32. The molecule has 1 saturated heterocycles. The van der Waals surface area contributed by atoms with Gasteiger partial charge in [0.05, 0.1) is 13.7 Å². The molecule has 0 saturated carbocycles. The first-order valence-electron chi connectivity index (χ1n) is 8.45. The summed E-state index contributed by atoms with van der Waals surface area (Å²) in [7, 11) is 1.65. The van der Waals surface area contributed by atoms with Gasteiger partial charge in [0.2, 0.25) is 0 Å². The van der Waals surface area contributed by atoms with E-state index in [0.29, 0.717) is 13.2 Å². The van der Waals surface area contributed by atoms with Crippen LogP contribution in [0.25, 0.3) is 6.08 Å². The third kappa shape index (κ3) is 8.49. The zero-order chi connectivity index (χ0) is 18.3. The minimum absolute atomic E-state index is 0.0712. The first kappa shape index (κ1) is 20.9. The number of benzene rings is 1. The molecular weight excluding hydrogens is 324 g/mol. The molecule has 1 atom stereocenters. The zero-order valence-electron chi connectivity index (χ0n) is 14.9. The van der Waals surface area contributed by atoms with Crippen LogP contribution in [0.4, 0.5) is 0 Å². The van der Waals surface area contributed by atoms with Crippen LogP contribution in [-0.4, -0.2) is 39.4 Å². The number of hydrogen-bond acceptors (Lipinski definition) is 6. The third-order valence-corrected chi connectivity index (χ3v) is 3.52. The van der Waals surface area contributed by atoms with Gasteiger partial charge in [-0.15, -0.1) is 0 Å². The van der Waals surface area contributed by atoms with E-state index in [1.807, 2.05) is 18.2 Å². The average Bonchev–Trinajstić information content (AvgIpc) is 2.65. The molecule has 0 aliphatic carbocycles. The highest BCUT2D eigenvalue weighted by Crippen LogP contribution is 2.28. The Labute approximate surface area is 148 Å². The van der Waals surface area contributed by atoms with Crippen LogP contribution in [0.15, 0.2) is 24.3 Å². The van der Waals surface area contributed by atoms with Crippen molar-refractivity contribution in [1.29, 1.82) is 0 Å². The Morgan fingerprint density at radius 2 is 2.04 bits per heavy atom. The number of hydrogen-bond donors (Lipinski definition) is 0. The fourth-order valence-electron chi connectivity index (χ4n) is 2.34. The molecule has 6 heteroatoms. The Morgan fingerprint density at radius 3 is 2.68 bits per heavy atom. The van der Waals surface area contributed by atoms with Gasteiger partial charge in [0.1, 0.15) is 6.61 Å². The van der Waals surface area contributed by atoms with Crippen LogP contribution < -0.4 is 9.47 Å². The maximum Gasteiger partial charge on any atom is 0.373 e. The lowest BCUT2D eigenvalue weighted by Crippen LogP contribution is -2.24. The third-order valence-electron chi connectivity index (χ3n) is 3.52. The first-order chi connectivity index (χ1) is 12.2. The Hall–Kier alpha value is -2.14. The standard InChI is InChI=1S/C18H26O4.CO2/c1-3-4-7-15-9-10-16(19-2)17(14-15)20-12-13-22-18-8-5-6-11-21-18;2-1-3/h4,7,9-10,14,18H,3,5-6,8,11-13H2,1-2H3;/b7-4+;. The molecule has 0 spiro atoms. The van der Waals surface area contributed by atoms with Gasteiger partial charge >= 0.3 is 6.15 Å². The number of methoxy groups -OCH3 is 1. The summed E-state index contributed by atoms with van der Waals surface area (Å²) in [6.45, 7) is 3.91. The molecule has 1 aromatic rings. The molecule has 0 amide bonds. The lowest BCUT2D eigenvalue weighted by Gasteiger charge is -2.22. The van der Waals surface area contributed by atoms with Crippen LogP contribution in [0.5, 0.6) is 11.5 Å². The topological polar surface area (TPSA) is 71.1 Å². The molecule has 0 bridgehead atoms. The second-order valence-electron chi connectivity index (χ2n) is 5.32. The second kappa shape index (κ2) is 13.2. The fourth-order valence-corrected chi connectivity index (χ4v) is 2.34. The Balaban J connectivity index is 0.000000970. The molecule has 6 nitrogen and oxygen atoms in total. The van der Waals surface area contributed by atoms with E-state index >= 15 is 0 Å². The lowest BCUT2D eigenvalue weighted by molar-refractivity contribution is -0.191. The van der Waals surface area contributed by atoms with Crippen LogP contribution in [0, 0.1) is 0 Å². The summed E-state index contributed by atoms with van der Waals surface area (Å²) in [6.07, 6.45) is 8.67. The predicted octanol–water partition coefficient (Wildman–Crippen LogP) is 3.46. The summed E-state index contributed by atoms with van der Waals surface area (Å²) in [6, 6.07) is 5.93. The van der Waals surface area contributed by atoms with Gasteiger partial charge in [-0.05, 0) is 43.4 Å². The summed E-state index contributed by atoms with van der Waals surface area (Å²) < 4.78 is 22.3. The molecule has 0 N–H and O–H groups in total. The van der Waals surface area contributed by atoms with Crippen LogP contribution in [0.2, 0.25) is 0 Å². The van der Waals surface area contributed by atoms with Crippen LogP contribution in [0.1, 0.15) is 38.2 Å². The molecule has 0 aromatic heterocycles. The summed E-state index contributed by atoms with van der Waals surface area (Å²) in [5, 5.41) is 0. The summed E-state index contributed by atoms with van der Waals surface area (Å²) in [5.74, 6) is 1.48. The first-order valence-corrected chi connectivity index (χ1v) is 8.45. The number of rotatable bonds is 8. The summed E-state index contributed by atoms with van der Waals surface area (Å²) in [5.41, 5.74) is 1.11. The Kier molecular flexibility index (Phi) is 11.0. The Morgan fingerprint density at radius 1 is 1.24 bits per heavy atom. The van der Waals surface area contributed by atoms with Gasteiger partial charge in [0, 0.05) is 6.61 Å². The number of ether oxygens (including phenoxy) is 4. The van der Waals surface area contributed by atoms with Crippen molar-refractivity contribution in [2.45, 2.75) is 38.9 Å². The van der Waals surface area contributed by atoms with Gasteiger partial charge < -0.3 is 18.9 Å². The molecule has 25 heavy (non-hydrogen) atoms.